The van der Waals surface area contributed by atoms with Crippen LogP contribution < -0.4 is 10.1 Å². The standard InChI is InChI=1S/C31H47NO2/c33-29(21-34-28-19-9-6-10-20-28)32-31-22-30(23-31,24-31)27-17-11-15-26(16-12-18-27)25-13-7-4-2-1-3-5-8-14-25/h6,9-10,19-20,25-27H,1-5,7-8,11-18,21-24H2,(H,32,33). The van der Waals surface area contributed by atoms with Gasteiger partial charge in [0.25, 0.3) is 5.91 Å². The van der Waals surface area contributed by atoms with Crippen molar-refractivity contribution < 1.29 is 9.53 Å². The first-order valence-corrected chi connectivity index (χ1v) is 14.7. The molecule has 0 aromatic heterocycles. The molecular weight excluding hydrogens is 418 g/mol. The van der Waals surface area contributed by atoms with Crippen LogP contribution in [0.5, 0.6) is 5.75 Å². The maximum atomic E-state index is 12.5. The molecule has 0 spiro atoms. The van der Waals surface area contributed by atoms with Crippen LogP contribution in [0.4, 0.5) is 0 Å². The van der Waals surface area contributed by atoms with Crippen LogP contribution in [0.3, 0.4) is 0 Å². The molecule has 0 aliphatic heterocycles. The van der Waals surface area contributed by atoms with Crippen molar-refractivity contribution in [2.45, 2.75) is 121 Å². The topological polar surface area (TPSA) is 38.3 Å². The summed E-state index contributed by atoms with van der Waals surface area (Å²) in [5, 5.41) is 3.33. The summed E-state index contributed by atoms with van der Waals surface area (Å²) >= 11 is 0. The van der Waals surface area contributed by atoms with Crippen molar-refractivity contribution in [3.63, 3.8) is 0 Å². The summed E-state index contributed by atoms with van der Waals surface area (Å²) in [5.41, 5.74) is 0.648. The van der Waals surface area contributed by atoms with Crippen LogP contribution in [0.1, 0.15) is 116 Å². The average molecular weight is 466 g/mol. The molecule has 5 fully saturated rings. The Morgan fingerprint density at radius 2 is 1.26 bits per heavy atom. The highest BCUT2D eigenvalue weighted by Gasteiger charge is 2.70. The lowest BCUT2D eigenvalue weighted by Gasteiger charge is -2.73. The number of nitrogens with one attached hydrogen (secondary N) is 1. The molecule has 5 saturated carbocycles. The maximum absolute atomic E-state index is 12.5. The molecule has 188 valence electrons. The SMILES string of the molecule is O=C(COc1ccccc1)NC12CC(C3CCCC(C4CCCCCCCCC4)CCC3)(C1)C2. The van der Waals surface area contributed by atoms with E-state index in [0.717, 1.165) is 23.5 Å². The van der Waals surface area contributed by atoms with Crippen molar-refractivity contribution in [2.24, 2.45) is 23.2 Å². The predicted octanol–water partition coefficient (Wildman–Crippen LogP) is 7.83. The zero-order chi connectivity index (χ0) is 23.3. The molecule has 1 amide bonds. The van der Waals surface area contributed by atoms with Crippen LogP contribution >= 0.6 is 0 Å². The van der Waals surface area contributed by atoms with Gasteiger partial charge in [-0.3, -0.25) is 4.79 Å². The second-order valence-electron chi connectivity index (χ2n) is 12.5. The van der Waals surface area contributed by atoms with Gasteiger partial charge in [0.15, 0.2) is 6.61 Å². The summed E-state index contributed by atoms with van der Waals surface area (Å²) in [6.07, 6.45) is 25.7. The van der Waals surface area contributed by atoms with Crippen molar-refractivity contribution >= 4 is 5.91 Å². The number of carbonyl (C=O) groups is 1. The van der Waals surface area contributed by atoms with E-state index >= 15 is 0 Å². The Bertz CT molecular complexity index is 750. The van der Waals surface area contributed by atoms with Crippen LogP contribution in [0, 0.1) is 23.2 Å². The Morgan fingerprint density at radius 1 is 0.735 bits per heavy atom. The number of benzene rings is 1. The summed E-state index contributed by atoms with van der Waals surface area (Å²) in [6.45, 7) is 0.130. The minimum atomic E-state index is 0.0448. The first kappa shape index (κ1) is 24.2. The fraction of sp³-hybridized carbons (Fsp3) is 0.774. The monoisotopic (exact) mass is 465 g/mol. The van der Waals surface area contributed by atoms with E-state index < -0.39 is 0 Å². The zero-order valence-corrected chi connectivity index (χ0v) is 21.4. The van der Waals surface area contributed by atoms with Gasteiger partial charge in [0.2, 0.25) is 0 Å². The summed E-state index contributed by atoms with van der Waals surface area (Å²) < 4.78 is 5.65. The highest BCUT2D eigenvalue weighted by atomic mass is 16.5. The number of rotatable bonds is 6. The highest BCUT2D eigenvalue weighted by molar-refractivity contribution is 5.79. The first-order valence-electron chi connectivity index (χ1n) is 14.7. The van der Waals surface area contributed by atoms with Crippen molar-refractivity contribution in [3.8, 4) is 5.75 Å². The van der Waals surface area contributed by atoms with Crippen LogP contribution in [0.15, 0.2) is 30.3 Å². The van der Waals surface area contributed by atoms with E-state index in [-0.39, 0.29) is 18.1 Å². The molecule has 0 radical (unpaired) electrons. The van der Waals surface area contributed by atoms with E-state index in [1.165, 1.54) is 116 Å². The number of ether oxygens (including phenoxy) is 1. The Morgan fingerprint density at radius 3 is 1.85 bits per heavy atom. The van der Waals surface area contributed by atoms with Gasteiger partial charge in [0, 0.05) is 5.54 Å². The lowest BCUT2D eigenvalue weighted by molar-refractivity contribution is -0.198. The Kier molecular flexibility index (Phi) is 7.86. The van der Waals surface area contributed by atoms with Gasteiger partial charge in [-0.2, -0.15) is 0 Å². The molecule has 1 aromatic rings. The number of hydrogen-bond acceptors (Lipinski definition) is 2. The molecular formula is C31H47NO2. The third-order valence-electron chi connectivity index (χ3n) is 10.0. The van der Waals surface area contributed by atoms with Gasteiger partial charge in [-0.15, -0.1) is 0 Å². The summed E-state index contributed by atoms with van der Waals surface area (Å²) in [4.78, 5) is 12.5. The highest BCUT2D eigenvalue weighted by Crippen LogP contribution is 2.72. The number of carbonyl (C=O) groups excluding carboxylic acids is 1. The van der Waals surface area contributed by atoms with Gasteiger partial charge in [-0.1, -0.05) is 102 Å². The number of hydrogen-bond donors (Lipinski definition) is 1. The van der Waals surface area contributed by atoms with E-state index in [1.54, 1.807) is 0 Å². The Hall–Kier alpha value is -1.51. The normalized spacial score (nSPS) is 35.1. The fourth-order valence-electron chi connectivity index (χ4n) is 8.37. The molecule has 0 saturated heterocycles. The van der Waals surface area contributed by atoms with E-state index in [1.807, 2.05) is 30.3 Å². The van der Waals surface area contributed by atoms with Gasteiger partial charge >= 0.3 is 0 Å². The lowest BCUT2D eigenvalue weighted by atomic mass is 9.35. The predicted molar refractivity (Wildman–Crippen MR) is 139 cm³/mol. The van der Waals surface area contributed by atoms with Crippen molar-refractivity contribution in [3.05, 3.63) is 30.3 Å². The molecule has 3 heteroatoms. The van der Waals surface area contributed by atoms with Crippen molar-refractivity contribution in [1.29, 1.82) is 0 Å². The fourth-order valence-corrected chi connectivity index (χ4v) is 8.37. The van der Waals surface area contributed by atoms with E-state index in [0.29, 0.717) is 5.41 Å². The Labute approximate surface area is 207 Å². The first-order chi connectivity index (χ1) is 16.7. The molecule has 1 N–H and O–H groups in total. The van der Waals surface area contributed by atoms with Crippen molar-refractivity contribution in [1.82, 2.24) is 5.32 Å². The summed E-state index contributed by atoms with van der Waals surface area (Å²) in [7, 11) is 0. The molecule has 0 heterocycles. The van der Waals surface area contributed by atoms with Crippen molar-refractivity contribution in [2.75, 3.05) is 6.61 Å². The summed E-state index contributed by atoms with van der Waals surface area (Å²) in [6, 6.07) is 9.65. The molecule has 0 unspecified atom stereocenters. The molecule has 5 aliphatic rings. The molecule has 1 aromatic carbocycles. The molecule has 0 atom stereocenters. The lowest BCUT2D eigenvalue weighted by Crippen LogP contribution is -2.76. The van der Waals surface area contributed by atoms with Gasteiger partial charge in [0.05, 0.1) is 0 Å². The third-order valence-corrected chi connectivity index (χ3v) is 10.0. The van der Waals surface area contributed by atoms with Crippen LogP contribution in [-0.4, -0.2) is 18.1 Å². The Balaban J connectivity index is 1.04. The molecule has 6 rings (SSSR count). The molecule has 34 heavy (non-hydrogen) atoms. The van der Waals surface area contributed by atoms with E-state index in [4.69, 9.17) is 4.74 Å². The van der Waals surface area contributed by atoms with Crippen LogP contribution in [0.2, 0.25) is 0 Å². The summed E-state index contributed by atoms with van der Waals surface area (Å²) in [5.74, 6) is 3.73. The van der Waals surface area contributed by atoms with E-state index in [2.05, 4.69) is 5.32 Å². The molecule has 5 aliphatic carbocycles. The largest absolute Gasteiger partial charge is 0.484 e. The molecule has 2 bridgehead atoms. The van der Waals surface area contributed by atoms with Gasteiger partial charge in [0.1, 0.15) is 5.75 Å². The minimum absolute atomic E-state index is 0.0448. The van der Waals surface area contributed by atoms with Crippen LogP contribution in [-0.2, 0) is 4.79 Å². The zero-order valence-electron chi connectivity index (χ0n) is 21.4. The smallest absolute Gasteiger partial charge is 0.258 e. The van der Waals surface area contributed by atoms with Gasteiger partial charge in [-0.05, 0) is 67.4 Å². The quantitative estimate of drug-likeness (QED) is 0.465. The number of amides is 1. The maximum Gasteiger partial charge on any atom is 0.258 e. The second kappa shape index (κ2) is 11.0. The molecule has 3 nitrogen and oxygen atoms in total. The minimum Gasteiger partial charge on any atom is -0.484 e. The number of para-hydroxylation sites is 1. The third kappa shape index (κ3) is 5.65. The van der Waals surface area contributed by atoms with E-state index in [9.17, 15) is 4.79 Å². The van der Waals surface area contributed by atoms with Gasteiger partial charge < -0.3 is 10.1 Å². The second-order valence-corrected chi connectivity index (χ2v) is 12.5. The van der Waals surface area contributed by atoms with Gasteiger partial charge in [-0.25, -0.2) is 0 Å². The van der Waals surface area contributed by atoms with Crippen LogP contribution in [0.25, 0.3) is 0 Å². The average Bonchev–Trinajstić information content (AvgIpc) is 2.79.